The molecule has 0 saturated heterocycles. The standard InChI is InChI=1S/C12H9Br2NO3/c1-2-18-12(17)8(6-15)3-7-4-9(13)5-10(14)11(7)16/h3-5,16H,2H2,1H3/b8-3+. The van der Waals surface area contributed by atoms with Crippen LogP contribution in [0, 0.1) is 11.3 Å². The van der Waals surface area contributed by atoms with Crippen LogP contribution in [0.15, 0.2) is 26.7 Å². The lowest BCUT2D eigenvalue weighted by molar-refractivity contribution is -0.137. The van der Waals surface area contributed by atoms with E-state index in [1.165, 1.54) is 6.08 Å². The van der Waals surface area contributed by atoms with Gasteiger partial charge in [-0.2, -0.15) is 5.26 Å². The van der Waals surface area contributed by atoms with Crippen molar-refractivity contribution in [3.8, 4) is 11.8 Å². The minimum Gasteiger partial charge on any atom is -0.506 e. The number of ether oxygens (including phenoxy) is 1. The first-order chi connectivity index (χ1) is 8.49. The molecule has 0 amide bonds. The number of phenolic OH excluding ortho intramolecular Hbond substituents is 1. The zero-order valence-corrected chi connectivity index (χ0v) is 12.6. The smallest absolute Gasteiger partial charge is 0.348 e. The van der Waals surface area contributed by atoms with E-state index in [-0.39, 0.29) is 17.9 Å². The largest absolute Gasteiger partial charge is 0.506 e. The molecule has 0 heterocycles. The maximum Gasteiger partial charge on any atom is 0.348 e. The molecule has 0 unspecified atom stereocenters. The van der Waals surface area contributed by atoms with Crippen molar-refractivity contribution >= 4 is 43.9 Å². The lowest BCUT2D eigenvalue weighted by atomic mass is 10.1. The van der Waals surface area contributed by atoms with Crippen LogP contribution < -0.4 is 0 Å². The zero-order valence-electron chi connectivity index (χ0n) is 9.41. The number of esters is 1. The van der Waals surface area contributed by atoms with Gasteiger partial charge in [-0.15, -0.1) is 0 Å². The monoisotopic (exact) mass is 373 g/mol. The number of nitrogens with zero attached hydrogens (tertiary/aromatic N) is 1. The average molecular weight is 375 g/mol. The number of carbonyl (C=O) groups excluding carboxylic acids is 1. The van der Waals surface area contributed by atoms with Crippen molar-refractivity contribution in [1.29, 1.82) is 5.26 Å². The number of phenols is 1. The van der Waals surface area contributed by atoms with Crippen molar-refractivity contribution in [2.45, 2.75) is 6.92 Å². The first kappa shape index (κ1) is 14.7. The SMILES string of the molecule is CCOC(=O)/C(C#N)=C/c1cc(Br)cc(Br)c1O. The van der Waals surface area contributed by atoms with Crippen molar-refractivity contribution in [3.63, 3.8) is 0 Å². The van der Waals surface area contributed by atoms with E-state index in [0.29, 0.717) is 14.5 Å². The molecule has 0 saturated carbocycles. The Bertz CT molecular complexity index is 547. The van der Waals surface area contributed by atoms with Gasteiger partial charge in [0.15, 0.2) is 0 Å². The summed E-state index contributed by atoms with van der Waals surface area (Å²) in [5.41, 5.74) is 0.179. The molecule has 0 fully saturated rings. The molecule has 0 atom stereocenters. The van der Waals surface area contributed by atoms with Gasteiger partial charge in [0.2, 0.25) is 0 Å². The second-order valence-corrected chi connectivity index (χ2v) is 4.99. The summed E-state index contributed by atoms with van der Waals surface area (Å²) in [6.45, 7) is 1.84. The van der Waals surface area contributed by atoms with Crippen molar-refractivity contribution < 1.29 is 14.6 Å². The third kappa shape index (κ3) is 3.59. The van der Waals surface area contributed by atoms with Gasteiger partial charge in [-0.05, 0) is 41.1 Å². The lowest BCUT2D eigenvalue weighted by Gasteiger charge is -2.04. The van der Waals surface area contributed by atoms with Crippen LogP contribution in [0.25, 0.3) is 6.08 Å². The molecular formula is C12H9Br2NO3. The Labute approximate surface area is 121 Å². The van der Waals surface area contributed by atoms with Gasteiger partial charge >= 0.3 is 5.97 Å². The van der Waals surface area contributed by atoms with Gasteiger partial charge < -0.3 is 9.84 Å². The van der Waals surface area contributed by atoms with E-state index in [0.717, 1.165) is 0 Å². The van der Waals surface area contributed by atoms with Crippen LogP contribution in [0.3, 0.4) is 0 Å². The molecule has 1 N–H and O–H groups in total. The van der Waals surface area contributed by atoms with E-state index in [9.17, 15) is 9.90 Å². The van der Waals surface area contributed by atoms with E-state index in [1.807, 2.05) is 0 Å². The minimum absolute atomic E-state index is 0.0461. The van der Waals surface area contributed by atoms with E-state index in [1.54, 1.807) is 25.1 Å². The molecule has 6 heteroatoms. The average Bonchev–Trinajstić information content (AvgIpc) is 2.32. The highest BCUT2D eigenvalue weighted by Gasteiger charge is 2.12. The Morgan fingerprint density at radius 1 is 1.56 bits per heavy atom. The summed E-state index contributed by atoms with van der Waals surface area (Å²) in [7, 11) is 0. The molecule has 1 aromatic rings. The number of rotatable bonds is 3. The normalized spacial score (nSPS) is 10.9. The fraction of sp³-hybridized carbons (Fsp3) is 0.167. The van der Waals surface area contributed by atoms with Crippen molar-refractivity contribution in [3.05, 3.63) is 32.2 Å². The summed E-state index contributed by atoms with van der Waals surface area (Å²) in [4.78, 5) is 11.4. The van der Waals surface area contributed by atoms with Crippen molar-refractivity contribution in [2.75, 3.05) is 6.61 Å². The molecule has 0 aliphatic heterocycles. The molecule has 0 spiro atoms. The summed E-state index contributed by atoms with van der Waals surface area (Å²) in [6, 6.07) is 5.00. The highest BCUT2D eigenvalue weighted by Crippen LogP contribution is 2.33. The third-order valence-electron chi connectivity index (χ3n) is 1.97. The van der Waals surface area contributed by atoms with Crippen LogP contribution in [0.4, 0.5) is 0 Å². The number of benzene rings is 1. The van der Waals surface area contributed by atoms with Crippen molar-refractivity contribution in [2.24, 2.45) is 0 Å². The van der Waals surface area contributed by atoms with Gasteiger partial charge in [-0.3, -0.25) is 0 Å². The van der Waals surface area contributed by atoms with Gasteiger partial charge in [-0.1, -0.05) is 15.9 Å². The zero-order chi connectivity index (χ0) is 13.7. The number of aromatic hydroxyl groups is 1. The van der Waals surface area contributed by atoms with Crippen LogP contribution in [0.5, 0.6) is 5.75 Å². The molecule has 1 aromatic carbocycles. The second-order valence-electron chi connectivity index (χ2n) is 3.22. The Morgan fingerprint density at radius 2 is 2.22 bits per heavy atom. The molecular weight excluding hydrogens is 366 g/mol. The number of hydrogen-bond acceptors (Lipinski definition) is 4. The van der Waals surface area contributed by atoms with Gasteiger partial charge in [0.1, 0.15) is 17.4 Å². The minimum atomic E-state index is -0.713. The third-order valence-corrected chi connectivity index (χ3v) is 3.04. The molecule has 0 aliphatic rings. The molecule has 0 bridgehead atoms. The van der Waals surface area contributed by atoms with Crippen molar-refractivity contribution in [1.82, 2.24) is 0 Å². The molecule has 94 valence electrons. The Morgan fingerprint density at radius 3 is 2.78 bits per heavy atom. The first-order valence-corrected chi connectivity index (χ1v) is 6.55. The van der Waals surface area contributed by atoms with Crippen LogP contribution in [0.1, 0.15) is 12.5 Å². The predicted octanol–water partition coefficient (Wildman–Crippen LogP) is 3.39. The second kappa shape index (κ2) is 6.57. The number of halogens is 2. The van der Waals surface area contributed by atoms with Gasteiger partial charge in [0.25, 0.3) is 0 Å². The molecule has 1 rings (SSSR count). The predicted molar refractivity (Wildman–Crippen MR) is 73.7 cm³/mol. The first-order valence-electron chi connectivity index (χ1n) is 4.96. The van der Waals surface area contributed by atoms with Crippen LogP contribution in [-0.4, -0.2) is 17.7 Å². The maximum atomic E-state index is 11.4. The van der Waals surface area contributed by atoms with E-state index < -0.39 is 5.97 Å². The molecule has 18 heavy (non-hydrogen) atoms. The lowest BCUT2D eigenvalue weighted by Crippen LogP contribution is -2.06. The summed E-state index contributed by atoms with van der Waals surface area (Å²) in [5, 5.41) is 18.7. The fourth-order valence-electron chi connectivity index (χ4n) is 1.20. The Kier molecular flexibility index (Phi) is 5.38. The highest BCUT2D eigenvalue weighted by atomic mass is 79.9. The topological polar surface area (TPSA) is 70.3 Å². The van der Waals surface area contributed by atoms with E-state index in [4.69, 9.17) is 10.00 Å². The summed E-state index contributed by atoms with van der Waals surface area (Å²) < 4.78 is 5.90. The summed E-state index contributed by atoms with van der Waals surface area (Å²) >= 11 is 6.43. The van der Waals surface area contributed by atoms with Crippen LogP contribution in [-0.2, 0) is 9.53 Å². The van der Waals surface area contributed by atoms with E-state index >= 15 is 0 Å². The number of carbonyl (C=O) groups is 1. The van der Waals surface area contributed by atoms with E-state index in [2.05, 4.69) is 31.9 Å². The Balaban J connectivity index is 3.22. The van der Waals surface area contributed by atoms with Crippen LogP contribution >= 0.6 is 31.9 Å². The Hall–Kier alpha value is -1.32. The van der Waals surface area contributed by atoms with Gasteiger partial charge in [0, 0.05) is 10.0 Å². The molecule has 0 aliphatic carbocycles. The molecule has 0 radical (unpaired) electrons. The van der Waals surface area contributed by atoms with Gasteiger partial charge in [-0.25, -0.2) is 4.79 Å². The summed E-state index contributed by atoms with van der Waals surface area (Å²) in [6.07, 6.45) is 1.28. The number of nitriles is 1. The summed E-state index contributed by atoms with van der Waals surface area (Å²) in [5.74, 6) is -0.759. The quantitative estimate of drug-likeness (QED) is 0.500. The molecule has 0 aromatic heterocycles. The van der Waals surface area contributed by atoms with Gasteiger partial charge in [0.05, 0.1) is 11.1 Å². The van der Waals surface area contributed by atoms with Crippen LogP contribution in [0.2, 0.25) is 0 Å². The maximum absolute atomic E-state index is 11.4. The fourth-order valence-corrected chi connectivity index (χ4v) is 2.46. The molecule has 4 nitrogen and oxygen atoms in total. The highest BCUT2D eigenvalue weighted by molar-refractivity contribution is 9.11. The number of hydrogen-bond donors (Lipinski definition) is 1.